The Balaban J connectivity index is 1.64. The number of carbonyl (C=O) groups excluding carboxylic acids is 2. The van der Waals surface area contributed by atoms with Gasteiger partial charge in [0.1, 0.15) is 6.54 Å². The second-order valence-electron chi connectivity index (χ2n) is 8.77. The van der Waals surface area contributed by atoms with Gasteiger partial charge in [-0.15, -0.1) is 11.3 Å². The van der Waals surface area contributed by atoms with E-state index in [4.69, 9.17) is 23.2 Å². The molecular weight excluding hydrogens is 487 g/mol. The maximum Gasteiger partial charge on any atom is 0.254 e. The largest absolute Gasteiger partial charge is 0.330 e. The van der Waals surface area contributed by atoms with E-state index in [1.54, 1.807) is 34.4 Å². The molecule has 0 N–H and O–H groups in total. The third-order valence-electron chi connectivity index (χ3n) is 6.54. The standard InChI is InChI=1S/C27H28Cl2N2O2S/c1-4-18(3)31(27(33)20-9-10-22(28)23(29)15-20)16-25(32)30-13-11-24-21(12-14-34-24)26(30)19-7-5-17(2)6-8-19/h5-10,12,14-15,18,26H,4,11,13,16H2,1-3H3. The number of hydrogen-bond acceptors (Lipinski definition) is 3. The SMILES string of the molecule is CCC(C)N(CC(=O)N1CCc2sccc2C1c1ccc(C)cc1)C(=O)c1ccc(Cl)c(Cl)c1. The van der Waals surface area contributed by atoms with Crippen LogP contribution in [-0.2, 0) is 11.2 Å². The molecule has 2 unspecified atom stereocenters. The second kappa shape index (κ2) is 10.5. The normalized spacial score (nSPS) is 16.1. The number of thiophene rings is 1. The van der Waals surface area contributed by atoms with E-state index in [9.17, 15) is 9.59 Å². The Morgan fingerprint density at radius 2 is 1.85 bits per heavy atom. The Morgan fingerprint density at radius 1 is 1.12 bits per heavy atom. The number of carbonyl (C=O) groups is 2. The Bertz CT molecular complexity index is 1190. The van der Waals surface area contributed by atoms with Gasteiger partial charge in [-0.05, 0) is 67.5 Å². The molecule has 4 nitrogen and oxygen atoms in total. The maximum absolute atomic E-state index is 13.8. The Kier molecular flexibility index (Phi) is 7.66. The zero-order chi connectivity index (χ0) is 24.4. The zero-order valence-electron chi connectivity index (χ0n) is 19.6. The number of rotatable bonds is 6. The van der Waals surface area contributed by atoms with Crippen molar-refractivity contribution in [3.63, 3.8) is 0 Å². The number of benzene rings is 2. The van der Waals surface area contributed by atoms with Gasteiger partial charge in [0.25, 0.3) is 5.91 Å². The van der Waals surface area contributed by atoms with Crippen LogP contribution in [0.2, 0.25) is 10.0 Å². The fourth-order valence-electron chi connectivity index (χ4n) is 4.37. The van der Waals surface area contributed by atoms with Gasteiger partial charge in [0.15, 0.2) is 0 Å². The highest BCUT2D eigenvalue weighted by Gasteiger charge is 2.34. The van der Waals surface area contributed by atoms with Crippen molar-refractivity contribution in [1.82, 2.24) is 9.80 Å². The van der Waals surface area contributed by atoms with Gasteiger partial charge < -0.3 is 9.80 Å². The number of fused-ring (bicyclic) bond motifs is 1. The van der Waals surface area contributed by atoms with Crippen molar-refractivity contribution < 1.29 is 9.59 Å². The predicted octanol–water partition coefficient (Wildman–Crippen LogP) is 6.78. The molecular formula is C27H28Cl2N2O2S. The van der Waals surface area contributed by atoms with Crippen LogP contribution in [0.3, 0.4) is 0 Å². The number of aryl methyl sites for hydroxylation is 1. The highest BCUT2D eigenvalue weighted by molar-refractivity contribution is 7.10. The fourth-order valence-corrected chi connectivity index (χ4v) is 5.57. The molecule has 7 heteroatoms. The van der Waals surface area contributed by atoms with Crippen LogP contribution in [0.4, 0.5) is 0 Å². The lowest BCUT2D eigenvalue weighted by molar-refractivity contribution is -0.134. The van der Waals surface area contributed by atoms with Crippen molar-refractivity contribution in [3.05, 3.63) is 91.1 Å². The molecule has 0 fully saturated rings. The lowest BCUT2D eigenvalue weighted by Gasteiger charge is -2.38. The first kappa shape index (κ1) is 24.8. The molecule has 1 aliphatic rings. The molecule has 0 saturated heterocycles. The number of amides is 2. The summed E-state index contributed by atoms with van der Waals surface area (Å²) >= 11 is 13.9. The monoisotopic (exact) mass is 514 g/mol. The van der Waals surface area contributed by atoms with Gasteiger partial charge in [-0.2, -0.15) is 0 Å². The van der Waals surface area contributed by atoms with E-state index in [0.29, 0.717) is 22.2 Å². The topological polar surface area (TPSA) is 40.6 Å². The molecule has 4 rings (SSSR count). The van der Waals surface area contributed by atoms with E-state index < -0.39 is 0 Å². The van der Waals surface area contributed by atoms with Crippen molar-refractivity contribution in [1.29, 1.82) is 0 Å². The molecule has 1 aromatic heterocycles. The molecule has 0 aliphatic carbocycles. The minimum atomic E-state index is -0.221. The number of halogens is 2. The lowest BCUT2D eigenvalue weighted by atomic mass is 9.92. The molecule has 2 atom stereocenters. The molecule has 3 aromatic rings. The van der Waals surface area contributed by atoms with Gasteiger partial charge >= 0.3 is 0 Å². The van der Waals surface area contributed by atoms with Crippen LogP contribution in [0.1, 0.15) is 58.2 Å². The number of hydrogen-bond donors (Lipinski definition) is 0. The average molecular weight is 516 g/mol. The zero-order valence-corrected chi connectivity index (χ0v) is 21.9. The van der Waals surface area contributed by atoms with Crippen LogP contribution in [0.15, 0.2) is 53.9 Å². The Hall–Kier alpha value is -2.34. The number of nitrogens with zero attached hydrogens (tertiary/aromatic N) is 2. The van der Waals surface area contributed by atoms with Crippen molar-refractivity contribution in [2.24, 2.45) is 0 Å². The highest BCUT2D eigenvalue weighted by atomic mass is 35.5. The summed E-state index contributed by atoms with van der Waals surface area (Å²) in [4.78, 5) is 32.1. The highest BCUT2D eigenvalue weighted by Crippen LogP contribution is 2.38. The molecule has 2 heterocycles. The summed E-state index contributed by atoms with van der Waals surface area (Å²) in [7, 11) is 0. The van der Waals surface area contributed by atoms with Gasteiger partial charge in [0, 0.05) is 23.0 Å². The van der Waals surface area contributed by atoms with Crippen LogP contribution in [0, 0.1) is 6.92 Å². The van der Waals surface area contributed by atoms with Gasteiger partial charge in [-0.1, -0.05) is 60.0 Å². The van der Waals surface area contributed by atoms with Crippen molar-refractivity contribution in [2.45, 2.75) is 45.7 Å². The Morgan fingerprint density at radius 3 is 2.53 bits per heavy atom. The van der Waals surface area contributed by atoms with Gasteiger partial charge in [-0.3, -0.25) is 9.59 Å². The smallest absolute Gasteiger partial charge is 0.254 e. The van der Waals surface area contributed by atoms with E-state index in [-0.39, 0.29) is 30.4 Å². The molecule has 0 radical (unpaired) electrons. The maximum atomic E-state index is 13.8. The van der Waals surface area contributed by atoms with Crippen LogP contribution < -0.4 is 0 Å². The molecule has 178 valence electrons. The van der Waals surface area contributed by atoms with Gasteiger partial charge in [0.2, 0.25) is 5.91 Å². The first-order valence-corrected chi connectivity index (χ1v) is 13.1. The lowest BCUT2D eigenvalue weighted by Crippen LogP contribution is -2.49. The molecule has 2 amide bonds. The van der Waals surface area contributed by atoms with Gasteiger partial charge in [-0.25, -0.2) is 0 Å². The third-order valence-corrected chi connectivity index (χ3v) is 8.27. The van der Waals surface area contributed by atoms with E-state index in [1.807, 2.05) is 18.7 Å². The third kappa shape index (κ3) is 5.02. The first-order chi connectivity index (χ1) is 16.3. The summed E-state index contributed by atoms with van der Waals surface area (Å²) in [5, 5.41) is 2.81. The van der Waals surface area contributed by atoms with Crippen LogP contribution in [0.25, 0.3) is 0 Å². The summed E-state index contributed by atoms with van der Waals surface area (Å²) in [5.41, 5.74) is 3.87. The summed E-state index contributed by atoms with van der Waals surface area (Å²) in [6.07, 6.45) is 1.56. The summed E-state index contributed by atoms with van der Waals surface area (Å²) < 4.78 is 0. The van der Waals surface area contributed by atoms with Crippen LogP contribution in [0.5, 0.6) is 0 Å². The molecule has 2 aromatic carbocycles. The van der Waals surface area contributed by atoms with Gasteiger partial charge in [0.05, 0.1) is 16.1 Å². The van der Waals surface area contributed by atoms with E-state index in [2.05, 4.69) is 42.6 Å². The molecule has 0 bridgehead atoms. The van der Waals surface area contributed by atoms with E-state index >= 15 is 0 Å². The first-order valence-electron chi connectivity index (χ1n) is 11.5. The fraction of sp³-hybridized carbons (Fsp3) is 0.333. The Labute approximate surface area is 215 Å². The molecule has 0 saturated carbocycles. The van der Waals surface area contributed by atoms with Crippen molar-refractivity contribution >= 4 is 46.4 Å². The van der Waals surface area contributed by atoms with E-state index in [0.717, 1.165) is 18.4 Å². The summed E-state index contributed by atoms with van der Waals surface area (Å²) in [6, 6.07) is 15.1. The predicted molar refractivity (Wildman–Crippen MR) is 140 cm³/mol. The van der Waals surface area contributed by atoms with Crippen molar-refractivity contribution in [3.8, 4) is 0 Å². The molecule has 34 heavy (non-hydrogen) atoms. The minimum Gasteiger partial charge on any atom is -0.330 e. The second-order valence-corrected chi connectivity index (χ2v) is 10.6. The van der Waals surface area contributed by atoms with E-state index in [1.165, 1.54) is 16.0 Å². The summed E-state index contributed by atoms with van der Waals surface area (Å²) in [5.74, 6) is -0.280. The molecule has 0 spiro atoms. The minimum absolute atomic E-state index is 0.00984. The summed E-state index contributed by atoms with van der Waals surface area (Å²) in [6.45, 7) is 6.67. The average Bonchev–Trinajstić information content (AvgIpc) is 3.32. The van der Waals surface area contributed by atoms with Crippen molar-refractivity contribution in [2.75, 3.05) is 13.1 Å². The van der Waals surface area contributed by atoms with Crippen LogP contribution >= 0.6 is 34.5 Å². The van der Waals surface area contributed by atoms with Crippen LogP contribution in [-0.4, -0.2) is 40.7 Å². The quantitative estimate of drug-likeness (QED) is 0.363. The molecule has 1 aliphatic heterocycles.